The average molecular weight is 237 g/mol. The summed E-state index contributed by atoms with van der Waals surface area (Å²) in [6.07, 6.45) is 0.0664. The van der Waals surface area contributed by atoms with E-state index in [0.717, 1.165) is 18.9 Å². The number of morpholine rings is 1. The standard InChI is InChI=1S/C12H19N3O2/c1-9(13)10-8-15(6-7-17-10)11-4-3-5-12(14-11)16-2/h3-5,9-10H,6-8,13H2,1-2H3. The third-order valence-electron chi connectivity index (χ3n) is 2.92. The van der Waals surface area contributed by atoms with Gasteiger partial charge in [0.2, 0.25) is 5.88 Å². The van der Waals surface area contributed by atoms with E-state index in [9.17, 15) is 0 Å². The Hall–Kier alpha value is -1.33. The maximum Gasteiger partial charge on any atom is 0.214 e. The maximum atomic E-state index is 5.87. The summed E-state index contributed by atoms with van der Waals surface area (Å²) in [5, 5.41) is 0. The van der Waals surface area contributed by atoms with Crippen LogP contribution in [0.5, 0.6) is 5.88 Å². The van der Waals surface area contributed by atoms with Crippen LogP contribution in [0.25, 0.3) is 0 Å². The Balaban J connectivity index is 2.10. The first-order valence-electron chi connectivity index (χ1n) is 5.84. The van der Waals surface area contributed by atoms with Gasteiger partial charge in [-0.05, 0) is 13.0 Å². The molecule has 0 bridgehead atoms. The third kappa shape index (κ3) is 2.87. The molecule has 1 saturated heterocycles. The second-order valence-electron chi connectivity index (χ2n) is 4.25. The van der Waals surface area contributed by atoms with Gasteiger partial charge < -0.3 is 20.1 Å². The summed E-state index contributed by atoms with van der Waals surface area (Å²) in [6.45, 7) is 4.26. The zero-order chi connectivity index (χ0) is 12.3. The van der Waals surface area contributed by atoms with Gasteiger partial charge in [-0.3, -0.25) is 0 Å². The summed E-state index contributed by atoms with van der Waals surface area (Å²) in [7, 11) is 1.62. The van der Waals surface area contributed by atoms with Gasteiger partial charge in [0.25, 0.3) is 0 Å². The topological polar surface area (TPSA) is 60.6 Å². The second-order valence-corrected chi connectivity index (χ2v) is 4.25. The molecule has 5 heteroatoms. The highest BCUT2D eigenvalue weighted by molar-refractivity contribution is 5.41. The van der Waals surface area contributed by atoms with Crippen LogP contribution >= 0.6 is 0 Å². The van der Waals surface area contributed by atoms with E-state index in [1.54, 1.807) is 7.11 Å². The van der Waals surface area contributed by atoms with E-state index in [1.807, 2.05) is 25.1 Å². The molecule has 2 rings (SSSR count). The monoisotopic (exact) mass is 237 g/mol. The molecule has 1 aliphatic rings. The number of aromatic nitrogens is 1. The summed E-state index contributed by atoms with van der Waals surface area (Å²) in [5.74, 6) is 1.55. The van der Waals surface area contributed by atoms with Gasteiger partial charge in [0, 0.05) is 25.2 Å². The number of hydrogen-bond donors (Lipinski definition) is 1. The summed E-state index contributed by atoms with van der Waals surface area (Å²) in [6, 6.07) is 5.79. The Morgan fingerprint density at radius 3 is 3.12 bits per heavy atom. The number of hydrogen-bond acceptors (Lipinski definition) is 5. The second kappa shape index (κ2) is 5.33. The van der Waals surface area contributed by atoms with Crippen molar-refractivity contribution in [3.05, 3.63) is 18.2 Å². The summed E-state index contributed by atoms with van der Waals surface area (Å²) >= 11 is 0. The van der Waals surface area contributed by atoms with Crippen molar-refractivity contribution in [3.8, 4) is 5.88 Å². The van der Waals surface area contributed by atoms with Gasteiger partial charge in [-0.15, -0.1) is 0 Å². The van der Waals surface area contributed by atoms with Gasteiger partial charge in [-0.2, -0.15) is 4.98 Å². The van der Waals surface area contributed by atoms with Crippen molar-refractivity contribution in [1.29, 1.82) is 0 Å². The van der Waals surface area contributed by atoms with E-state index in [2.05, 4.69) is 9.88 Å². The van der Waals surface area contributed by atoms with Crippen LogP contribution in [0.15, 0.2) is 18.2 Å². The first kappa shape index (κ1) is 12.1. The Bertz CT molecular complexity index is 371. The minimum absolute atomic E-state index is 0.0309. The zero-order valence-corrected chi connectivity index (χ0v) is 10.3. The number of pyridine rings is 1. The minimum Gasteiger partial charge on any atom is -0.481 e. The molecule has 1 fully saturated rings. The molecule has 1 aromatic heterocycles. The van der Waals surface area contributed by atoms with Gasteiger partial charge in [0.1, 0.15) is 5.82 Å². The molecule has 5 nitrogen and oxygen atoms in total. The number of nitrogens with zero attached hydrogens (tertiary/aromatic N) is 2. The predicted octanol–water partition coefficient (Wildman–Crippen LogP) is 0.643. The van der Waals surface area contributed by atoms with Gasteiger partial charge in [-0.1, -0.05) is 6.07 Å². The van der Waals surface area contributed by atoms with Crippen LogP contribution in [0.3, 0.4) is 0 Å². The quantitative estimate of drug-likeness (QED) is 0.836. The molecule has 0 amide bonds. The third-order valence-corrected chi connectivity index (χ3v) is 2.92. The summed E-state index contributed by atoms with van der Waals surface area (Å²) < 4.78 is 10.7. The van der Waals surface area contributed by atoms with Crippen molar-refractivity contribution in [3.63, 3.8) is 0 Å². The van der Waals surface area contributed by atoms with Crippen LogP contribution < -0.4 is 15.4 Å². The molecule has 2 atom stereocenters. The van der Waals surface area contributed by atoms with E-state index in [1.165, 1.54) is 0 Å². The number of nitrogens with two attached hydrogens (primary N) is 1. The van der Waals surface area contributed by atoms with E-state index in [0.29, 0.717) is 12.5 Å². The lowest BCUT2D eigenvalue weighted by Gasteiger charge is -2.35. The summed E-state index contributed by atoms with van der Waals surface area (Å²) in [4.78, 5) is 6.60. The highest BCUT2D eigenvalue weighted by Gasteiger charge is 2.24. The van der Waals surface area contributed by atoms with Gasteiger partial charge in [-0.25, -0.2) is 0 Å². The summed E-state index contributed by atoms with van der Waals surface area (Å²) in [5.41, 5.74) is 5.87. The molecule has 2 heterocycles. The molecular formula is C12H19N3O2. The van der Waals surface area contributed by atoms with Crippen LogP contribution in [0.2, 0.25) is 0 Å². The Labute approximate surface area is 102 Å². The molecule has 94 valence electrons. The van der Waals surface area contributed by atoms with Gasteiger partial charge in [0.05, 0.1) is 19.8 Å². The van der Waals surface area contributed by atoms with Crippen LogP contribution in [0.4, 0.5) is 5.82 Å². The number of rotatable bonds is 3. The molecule has 1 aliphatic heterocycles. The number of methoxy groups -OCH3 is 1. The lowest BCUT2D eigenvalue weighted by molar-refractivity contribution is 0.0273. The molecule has 0 spiro atoms. The molecule has 0 aromatic carbocycles. The van der Waals surface area contributed by atoms with Crippen molar-refractivity contribution in [2.45, 2.75) is 19.1 Å². The molecular weight excluding hydrogens is 218 g/mol. The lowest BCUT2D eigenvalue weighted by Crippen LogP contribution is -2.49. The SMILES string of the molecule is COc1cccc(N2CCOC(C(C)N)C2)n1. The van der Waals surface area contributed by atoms with Crippen LogP contribution in [0, 0.1) is 0 Å². The smallest absolute Gasteiger partial charge is 0.214 e. The van der Waals surface area contributed by atoms with Crippen LogP contribution in [-0.4, -0.2) is 43.9 Å². The highest BCUT2D eigenvalue weighted by Crippen LogP contribution is 2.19. The zero-order valence-electron chi connectivity index (χ0n) is 10.3. The van der Waals surface area contributed by atoms with Crippen molar-refractivity contribution in [1.82, 2.24) is 4.98 Å². The maximum absolute atomic E-state index is 5.87. The molecule has 17 heavy (non-hydrogen) atoms. The van der Waals surface area contributed by atoms with E-state index in [-0.39, 0.29) is 12.1 Å². The van der Waals surface area contributed by atoms with Crippen molar-refractivity contribution in [2.24, 2.45) is 5.73 Å². The number of anilines is 1. The molecule has 0 radical (unpaired) electrons. The highest BCUT2D eigenvalue weighted by atomic mass is 16.5. The van der Waals surface area contributed by atoms with Gasteiger partial charge >= 0.3 is 0 Å². The molecule has 2 N–H and O–H groups in total. The Morgan fingerprint density at radius 1 is 1.59 bits per heavy atom. The fourth-order valence-corrected chi connectivity index (χ4v) is 1.90. The molecule has 1 aromatic rings. The normalized spacial score (nSPS) is 22.3. The fourth-order valence-electron chi connectivity index (χ4n) is 1.90. The van der Waals surface area contributed by atoms with E-state index < -0.39 is 0 Å². The van der Waals surface area contributed by atoms with Crippen LogP contribution in [-0.2, 0) is 4.74 Å². The fraction of sp³-hybridized carbons (Fsp3) is 0.583. The molecule has 0 aliphatic carbocycles. The first-order chi connectivity index (χ1) is 8.20. The number of ether oxygens (including phenoxy) is 2. The molecule has 0 saturated carbocycles. The van der Waals surface area contributed by atoms with Crippen LogP contribution in [0.1, 0.15) is 6.92 Å². The molecule has 2 unspecified atom stereocenters. The largest absolute Gasteiger partial charge is 0.481 e. The van der Waals surface area contributed by atoms with Crippen molar-refractivity contribution in [2.75, 3.05) is 31.7 Å². The lowest BCUT2D eigenvalue weighted by atomic mass is 10.1. The van der Waals surface area contributed by atoms with Gasteiger partial charge in [0.15, 0.2) is 0 Å². The first-order valence-corrected chi connectivity index (χ1v) is 5.84. The average Bonchev–Trinajstić information content (AvgIpc) is 2.39. The van der Waals surface area contributed by atoms with Crippen molar-refractivity contribution >= 4 is 5.82 Å². The predicted molar refractivity (Wildman–Crippen MR) is 66.4 cm³/mol. The Morgan fingerprint density at radius 2 is 2.41 bits per heavy atom. The van der Waals surface area contributed by atoms with Crippen molar-refractivity contribution < 1.29 is 9.47 Å². The van der Waals surface area contributed by atoms with E-state index >= 15 is 0 Å². The minimum atomic E-state index is 0.0309. The Kier molecular flexibility index (Phi) is 3.81. The van der Waals surface area contributed by atoms with E-state index in [4.69, 9.17) is 15.2 Å².